The summed E-state index contributed by atoms with van der Waals surface area (Å²) in [5.74, 6) is 0.164. The summed E-state index contributed by atoms with van der Waals surface area (Å²) >= 11 is 12.2. The second kappa shape index (κ2) is 9.20. The van der Waals surface area contributed by atoms with E-state index in [2.05, 4.69) is 5.32 Å². The Balaban J connectivity index is 1.90. The third-order valence-corrected chi connectivity index (χ3v) is 4.86. The van der Waals surface area contributed by atoms with Gasteiger partial charge in [0.15, 0.2) is 0 Å². The zero-order valence-corrected chi connectivity index (χ0v) is 18.2. The molecule has 0 atom stereocenters. The van der Waals surface area contributed by atoms with Gasteiger partial charge in [0.25, 0.3) is 11.8 Å². The normalized spacial score (nSPS) is 11.3. The van der Waals surface area contributed by atoms with E-state index in [0.717, 1.165) is 5.56 Å². The fourth-order valence-electron chi connectivity index (χ4n) is 2.70. The summed E-state index contributed by atoms with van der Waals surface area (Å²) in [6, 6.07) is 15.6. The van der Waals surface area contributed by atoms with Crippen molar-refractivity contribution >= 4 is 41.1 Å². The van der Waals surface area contributed by atoms with E-state index in [9.17, 15) is 9.59 Å². The number of hydrogen-bond acceptors (Lipinski definition) is 3. The highest BCUT2D eigenvalue weighted by molar-refractivity contribution is 6.36. The van der Waals surface area contributed by atoms with Crippen LogP contribution in [0, 0.1) is 6.92 Å². The Kier molecular flexibility index (Phi) is 6.65. The van der Waals surface area contributed by atoms with Gasteiger partial charge in [0.1, 0.15) is 17.2 Å². The molecule has 0 saturated heterocycles. The maximum Gasteiger partial charge on any atom is 0.269 e. The molecule has 0 aliphatic carbocycles. The first kappa shape index (κ1) is 21.7. The fourth-order valence-corrected chi connectivity index (χ4v) is 3.20. The van der Waals surface area contributed by atoms with Crippen LogP contribution in [-0.4, -0.2) is 30.8 Å². The van der Waals surface area contributed by atoms with Gasteiger partial charge in [-0.05, 0) is 49.4 Å². The molecule has 0 bridgehead atoms. The lowest BCUT2D eigenvalue weighted by atomic mass is 10.1. The maximum atomic E-state index is 12.6. The second-order valence-corrected chi connectivity index (χ2v) is 7.75. The van der Waals surface area contributed by atoms with Crippen molar-refractivity contribution in [2.24, 2.45) is 0 Å². The molecule has 3 rings (SSSR count). The van der Waals surface area contributed by atoms with Crippen molar-refractivity contribution in [3.8, 4) is 11.3 Å². The average molecular weight is 443 g/mol. The molecule has 30 heavy (non-hydrogen) atoms. The monoisotopic (exact) mass is 442 g/mol. The quantitative estimate of drug-likeness (QED) is 0.536. The number of rotatable bonds is 5. The van der Waals surface area contributed by atoms with E-state index in [1.807, 2.05) is 19.1 Å². The minimum Gasteiger partial charge on any atom is -0.457 e. The van der Waals surface area contributed by atoms with Crippen LogP contribution in [0.3, 0.4) is 0 Å². The Bertz CT molecular complexity index is 1120. The lowest BCUT2D eigenvalue weighted by molar-refractivity contribution is -0.124. The summed E-state index contributed by atoms with van der Waals surface area (Å²) < 4.78 is 5.83. The van der Waals surface area contributed by atoms with Crippen LogP contribution in [0.4, 0.5) is 0 Å². The van der Waals surface area contributed by atoms with Gasteiger partial charge in [-0.3, -0.25) is 9.59 Å². The minimum atomic E-state index is -0.385. The number of likely N-dealkylation sites (N-methyl/N-ethyl adjacent to an activating group) is 1. The van der Waals surface area contributed by atoms with Crippen LogP contribution in [-0.2, 0) is 4.79 Å². The topological polar surface area (TPSA) is 62.6 Å². The minimum absolute atomic E-state index is 0.0914. The summed E-state index contributed by atoms with van der Waals surface area (Å²) in [7, 11) is 3.21. The highest BCUT2D eigenvalue weighted by Crippen LogP contribution is 2.32. The fraction of sp³-hybridized carbons (Fsp3) is 0.130. The van der Waals surface area contributed by atoms with Crippen molar-refractivity contribution in [2.75, 3.05) is 14.1 Å². The van der Waals surface area contributed by atoms with Crippen LogP contribution in [0.2, 0.25) is 10.0 Å². The van der Waals surface area contributed by atoms with E-state index in [0.29, 0.717) is 32.7 Å². The molecule has 2 amide bonds. The van der Waals surface area contributed by atoms with Gasteiger partial charge in [0.05, 0.1) is 5.02 Å². The molecule has 5 nitrogen and oxygen atoms in total. The largest absolute Gasteiger partial charge is 0.457 e. The number of nitrogens with one attached hydrogen (secondary N) is 1. The van der Waals surface area contributed by atoms with Crippen LogP contribution in [0.1, 0.15) is 21.7 Å². The lowest BCUT2D eigenvalue weighted by Crippen LogP contribution is -2.34. The molecular formula is C23H20Cl2N2O3. The summed E-state index contributed by atoms with van der Waals surface area (Å²) in [5.41, 5.74) is 2.25. The molecule has 2 aromatic carbocycles. The number of hydrogen-bond donors (Lipinski definition) is 1. The average Bonchev–Trinajstić information content (AvgIpc) is 3.15. The number of carbonyl (C=O) groups excluding carboxylic acids is 2. The first-order valence-corrected chi connectivity index (χ1v) is 9.87. The van der Waals surface area contributed by atoms with Crippen molar-refractivity contribution in [1.29, 1.82) is 0 Å². The molecule has 0 fully saturated rings. The van der Waals surface area contributed by atoms with Gasteiger partial charge < -0.3 is 14.6 Å². The summed E-state index contributed by atoms with van der Waals surface area (Å²) in [4.78, 5) is 26.6. The number of benzene rings is 2. The number of carbonyl (C=O) groups is 2. The number of aryl methyl sites for hydroxylation is 1. The maximum absolute atomic E-state index is 12.6. The number of halogens is 2. The van der Waals surface area contributed by atoms with Gasteiger partial charge in [-0.1, -0.05) is 40.9 Å². The molecule has 154 valence electrons. The van der Waals surface area contributed by atoms with E-state index in [1.165, 1.54) is 11.0 Å². The van der Waals surface area contributed by atoms with Gasteiger partial charge >= 0.3 is 0 Å². The highest BCUT2D eigenvalue weighted by Gasteiger charge is 2.17. The van der Waals surface area contributed by atoms with Gasteiger partial charge in [-0.25, -0.2) is 0 Å². The van der Waals surface area contributed by atoms with Crippen LogP contribution in [0.5, 0.6) is 0 Å². The first-order valence-electron chi connectivity index (χ1n) is 9.11. The SMILES string of the molecule is Cc1ccc(C(=O)N/C(=C/c2ccc(-c3ccc(Cl)cc3Cl)o2)C(=O)N(C)C)cc1. The Morgan fingerprint density at radius 1 is 1.00 bits per heavy atom. The van der Waals surface area contributed by atoms with Crippen LogP contribution in [0.25, 0.3) is 17.4 Å². The highest BCUT2D eigenvalue weighted by atomic mass is 35.5. The number of nitrogens with zero attached hydrogens (tertiary/aromatic N) is 1. The third kappa shape index (κ3) is 5.12. The van der Waals surface area contributed by atoms with Gasteiger partial charge in [0, 0.05) is 36.3 Å². The second-order valence-electron chi connectivity index (χ2n) is 6.90. The molecule has 7 heteroatoms. The summed E-state index contributed by atoms with van der Waals surface area (Å²) in [6.07, 6.45) is 1.49. The van der Waals surface area contributed by atoms with Crippen LogP contribution >= 0.6 is 23.2 Å². The molecule has 0 unspecified atom stereocenters. The van der Waals surface area contributed by atoms with E-state index < -0.39 is 0 Å². The smallest absolute Gasteiger partial charge is 0.269 e. The summed E-state index contributed by atoms with van der Waals surface area (Å²) in [5, 5.41) is 3.65. The Morgan fingerprint density at radius 2 is 1.70 bits per heavy atom. The molecule has 3 aromatic rings. The Labute approximate surface area is 184 Å². The Morgan fingerprint density at radius 3 is 2.33 bits per heavy atom. The van der Waals surface area contributed by atoms with Crippen molar-refractivity contribution in [3.63, 3.8) is 0 Å². The van der Waals surface area contributed by atoms with Crippen molar-refractivity contribution < 1.29 is 14.0 Å². The molecule has 1 N–H and O–H groups in total. The molecule has 0 saturated carbocycles. The van der Waals surface area contributed by atoms with E-state index in [4.69, 9.17) is 27.6 Å². The van der Waals surface area contributed by atoms with E-state index >= 15 is 0 Å². The van der Waals surface area contributed by atoms with Crippen molar-refractivity contribution in [1.82, 2.24) is 10.2 Å². The van der Waals surface area contributed by atoms with Crippen molar-refractivity contribution in [3.05, 3.63) is 87.2 Å². The van der Waals surface area contributed by atoms with E-state index in [-0.39, 0.29) is 17.5 Å². The third-order valence-electron chi connectivity index (χ3n) is 4.31. The molecule has 0 aliphatic heterocycles. The standard InChI is InChI=1S/C23H20Cl2N2O3/c1-14-4-6-15(7-5-14)22(28)26-20(23(29)27(2)3)13-17-9-11-21(30-17)18-10-8-16(24)12-19(18)25/h4-13H,1-3H3,(H,26,28)/b20-13+. The zero-order valence-electron chi connectivity index (χ0n) is 16.7. The summed E-state index contributed by atoms with van der Waals surface area (Å²) in [6.45, 7) is 1.93. The predicted molar refractivity (Wildman–Crippen MR) is 119 cm³/mol. The van der Waals surface area contributed by atoms with Gasteiger partial charge in [-0.2, -0.15) is 0 Å². The van der Waals surface area contributed by atoms with Crippen LogP contribution in [0.15, 0.2) is 64.7 Å². The molecule has 0 aliphatic rings. The molecule has 1 heterocycles. The van der Waals surface area contributed by atoms with Gasteiger partial charge in [-0.15, -0.1) is 0 Å². The molecule has 1 aromatic heterocycles. The molecule has 0 spiro atoms. The van der Waals surface area contributed by atoms with E-state index in [1.54, 1.807) is 56.6 Å². The number of furan rings is 1. The first-order chi connectivity index (χ1) is 14.2. The van der Waals surface area contributed by atoms with Crippen LogP contribution < -0.4 is 5.32 Å². The zero-order chi connectivity index (χ0) is 21.8. The molecular weight excluding hydrogens is 423 g/mol. The number of amides is 2. The lowest BCUT2D eigenvalue weighted by Gasteiger charge is -2.14. The molecule has 0 radical (unpaired) electrons. The van der Waals surface area contributed by atoms with Gasteiger partial charge in [0.2, 0.25) is 0 Å². The Hall–Kier alpha value is -3.02. The predicted octanol–water partition coefficient (Wildman–Crippen LogP) is 5.42. The van der Waals surface area contributed by atoms with Crippen molar-refractivity contribution in [2.45, 2.75) is 6.92 Å².